The molecule has 1 aliphatic heterocycles. The predicted octanol–water partition coefficient (Wildman–Crippen LogP) is 4.79. The molecule has 172 valence electrons. The number of aromatic nitrogens is 2. The SMILES string of the molecule is COc1cc([N+](=O)[O-])ccc1-n1c(C)cc([C@@H]2[C@H](c3ccccn3)NC(=S)N2C(C)C)c1C. The van der Waals surface area contributed by atoms with Gasteiger partial charge in [-0.2, -0.15) is 0 Å². The van der Waals surface area contributed by atoms with E-state index in [1.165, 1.54) is 19.2 Å². The molecule has 0 amide bonds. The molecule has 0 unspecified atom stereocenters. The number of nitro groups is 1. The van der Waals surface area contributed by atoms with Crippen molar-refractivity contribution < 1.29 is 9.66 Å². The Morgan fingerprint density at radius 3 is 2.58 bits per heavy atom. The Bertz CT molecular complexity index is 1210. The highest BCUT2D eigenvalue weighted by Crippen LogP contribution is 2.43. The van der Waals surface area contributed by atoms with Crippen molar-refractivity contribution in [1.82, 2.24) is 19.8 Å². The van der Waals surface area contributed by atoms with Crippen molar-refractivity contribution in [2.45, 2.75) is 45.8 Å². The number of hydrogen-bond donors (Lipinski definition) is 1. The largest absolute Gasteiger partial charge is 0.494 e. The average Bonchev–Trinajstić information content (AvgIpc) is 3.29. The molecule has 9 heteroatoms. The molecule has 0 saturated carbocycles. The van der Waals surface area contributed by atoms with Crippen LogP contribution in [-0.2, 0) is 0 Å². The van der Waals surface area contributed by atoms with Gasteiger partial charge in [0.05, 0.1) is 41.6 Å². The summed E-state index contributed by atoms with van der Waals surface area (Å²) in [6.07, 6.45) is 1.79. The third-order valence-electron chi connectivity index (χ3n) is 6.10. The number of nitro benzene ring substituents is 1. The van der Waals surface area contributed by atoms with Gasteiger partial charge in [0, 0.05) is 29.7 Å². The van der Waals surface area contributed by atoms with Crippen molar-refractivity contribution in [2.75, 3.05) is 7.11 Å². The van der Waals surface area contributed by atoms with Crippen molar-refractivity contribution >= 4 is 23.0 Å². The molecular weight excluding hydrogens is 438 g/mol. The molecule has 1 saturated heterocycles. The minimum absolute atomic E-state index is 0.00942. The summed E-state index contributed by atoms with van der Waals surface area (Å²) in [6, 6.07) is 12.8. The van der Waals surface area contributed by atoms with E-state index in [0.717, 1.165) is 28.3 Å². The van der Waals surface area contributed by atoms with E-state index in [-0.39, 0.29) is 23.8 Å². The van der Waals surface area contributed by atoms with Crippen molar-refractivity contribution in [3.8, 4) is 11.4 Å². The molecule has 2 aromatic heterocycles. The van der Waals surface area contributed by atoms with Gasteiger partial charge in [0.25, 0.3) is 5.69 Å². The van der Waals surface area contributed by atoms with Crippen LogP contribution in [0.25, 0.3) is 5.69 Å². The Morgan fingerprint density at radius 2 is 1.97 bits per heavy atom. The van der Waals surface area contributed by atoms with Gasteiger partial charge in [0.2, 0.25) is 0 Å². The Morgan fingerprint density at radius 1 is 1.21 bits per heavy atom. The van der Waals surface area contributed by atoms with E-state index >= 15 is 0 Å². The summed E-state index contributed by atoms with van der Waals surface area (Å²) < 4.78 is 7.60. The molecule has 0 bridgehead atoms. The van der Waals surface area contributed by atoms with Crippen LogP contribution in [0.15, 0.2) is 48.7 Å². The minimum Gasteiger partial charge on any atom is -0.494 e. The number of pyridine rings is 1. The Hall–Kier alpha value is -3.46. The molecule has 0 radical (unpaired) electrons. The van der Waals surface area contributed by atoms with E-state index < -0.39 is 4.92 Å². The third-order valence-corrected chi connectivity index (χ3v) is 6.42. The summed E-state index contributed by atoms with van der Waals surface area (Å²) in [5, 5.41) is 15.4. The van der Waals surface area contributed by atoms with Gasteiger partial charge >= 0.3 is 0 Å². The van der Waals surface area contributed by atoms with Crippen LogP contribution in [0.3, 0.4) is 0 Å². The molecule has 33 heavy (non-hydrogen) atoms. The van der Waals surface area contributed by atoms with E-state index in [9.17, 15) is 10.1 Å². The van der Waals surface area contributed by atoms with Crippen LogP contribution in [0.5, 0.6) is 5.75 Å². The number of ether oxygens (including phenoxy) is 1. The van der Waals surface area contributed by atoms with E-state index in [1.54, 1.807) is 12.3 Å². The van der Waals surface area contributed by atoms with Gasteiger partial charge in [-0.05, 0) is 69.7 Å². The standard InChI is InChI=1S/C24H27N5O3S/c1-14(2)27-23(22(26-24(27)33)19-8-6-7-11-25-19)18-12-15(3)28(16(18)4)20-10-9-17(29(30)31)13-21(20)32-5/h6-14,22-23H,1-5H3,(H,26,33)/t22-,23+/m0/s1. The molecule has 3 heterocycles. The summed E-state index contributed by atoms with van der Waals surface area (Å²) in [7, 11) is 1.52. The lowest BCUT2D eigenvalue weighted by atomic mass is 9.96. The fraction of sp³-hybridized carbons (Fsp3) is 0.333. The number of rotatable bonds is 6. The topological polar surface area (TPSA) is 85.5 Å². The summed E-state index contributed by atoms with van der Waals surface area (Å²) >= 11 is 5.72. The molecule has 0 aliphatic carbocycles. The fourth-order valence-electron chi connectivity index (χ4n) is 4.68. The van der Waals surface area contributed by atoms with Gasteiger partial charge in [0.15, 0.2) is 5.11 Å². The third kappa shape index (κ3) is 3.93. The lowest BCUT2D eigenvalue weighted by Gasteiger charge is -2.31. The number of nitrogens with one attached hydrogen (secondary N) is 1. The Kier molecular flexibility index (Phi) is 6.07. The van der Waals surface area contributed by atoms with Crippen LogP contribution in [-0.4, -0.2) is 37.6 Å². The zero-order valence-electron chi connectivity index (χ0n) is 19.3. The van der Waals surface area contributed by atoms with Crippen molar-refractivity contribution in [3.63, 3.8) is 0 Å². The smallest absolute Gasteiger partial charge is 0.273 e. The molecule has 1 N–H and O–H groups in total. The molecule has 3 aromatic rings. The normalized spacial score (nSPS) is 18.0. The predicted molar refractivity (Wildman–Crippen MR) is 131 cm³/mol. The second-order valence-corrected chi connectivity index (χ2v) is 8.79. The monoisotopic (exact) mass is 465 g/mol. The Labute approximate surface area is 198 Å². The first kappa shape index (κ1) is 22.7. The van der Waals surface area contributed by atoms with Gasteiger partial charge in [-0.1, -0.05) is 6.07 Å². The van der Waals surface area contributed by atoms with Crippen molar-refractivity contribution in [2.24, 2.45) is 0 Å². The zero-order valence-corrected chi connectivity index (χ0v) is 20.1. The maximum atomic E-state index is 11.2. The molecular formula is C24H27N5O3S. The summed E-state index contributed by atoms with van der Waals surface area (Å²) in [5.74, 6) is 0.444. The molecule has 4 rings (SSSR count). The van der Waals surface area contributed by atoms with Gasteiger partial charge in [0.1, 0.15) is 5.75 Å². The van der Waals surface area contributed by atoms with Crippen LogP contribution >= 0.6 is 12.2 Å². The summed E-state index contributed by atoms with van der Waals surface area (Å²) in [4.78, 5) is 17.6. The second-order valence-electron chi connectivity index (χ2n) is 8.40. The van der Waals surface area contributed by atoms with E-state index in [0.29, 0.717) is 10.9 Å². The minimum atomic E-state index is -0.420. The van der Waals surface area contributed by atoms with Crippen LogP contribution in [0.4, 0.5) is 5.69 Å². The molecule has 2 atom stereocenters. The number of hydrogen-bond acceptors (Lipinski definition) is 5. The number of benzene rings is 1. The van der Waals surface area contributed by atoms with Crippen LogP contribution < -0.4 is 10.1 Å². The molecule has 1 fully saturated rings. The van der Waals surface area contributed by atoms with Gasteiger partial charge in [-0.15, -0.1) is 0 Å². The molecule has 1 aromatic carbocycles. The quantitative estimate of drug-likeness (QED) is 0.318. The molecule has 0 spiro atoms. The van der Waals surface area contributed by atoms with Crippen LogP contribution in [0.2, 0.25) is 0 Å². The van der Waals surface area contributed by atoms with Crippen molar-refractivity contribution in [1.29, 1.82) is 0 Å². The number of thiocarbonyl (C=S) groups is 1. The number of nitrogens with zero attached hydrogens (tertiary/aromatic N) is 4. The maximum absolute atomic E-state index is 11.2. The highest BCUT2D eigenvalue weighted by molar-refractivity contribution is 7.80. The number of methoxy groups -OCH3 is 1. The average molecular weight is 466 g/mol. The highest BCUT2D eigenvalue weighted by Gasteiger charge is 2.42. The highest BCUT2D eigenvalue weighted by atomic mass is 32.1. The van der Waals surface area contributed by atoms with Gasteiger partial charge < -0.3 is 19.5 Å². The summed E-state index contributed by atoms with van der Waals surface area (Å²) in [6.45, 7) is 8.33. The van der Waals surface area contributed by atoms with Crippen LogP contribution in [0.1, 0.15) is 48.6 Å². The van der Waals surface area contributed by atoms with E-state index in [1.807, 2.05) is 25.1 Å². The first-order chi connectivity index (χ1) is 15.7. The van der Waals surface area contributed by atoms with E-state index in [4.69, 9.17) is 17.0 Å². The first-order valence-electron chi connectivity index (χ1n) is 10.8. The second kappa shape index (κ2) is 8.82. The van der Waals surface area contributed by atoms with Gasteiger partial charge in [-0.25, -0.2) is 0 Å². The maximum Gasteiger partial charge on any atom is 0.273 e. The van der Waals surface area contributed by atoms with Crippen LogP contribution in [0, 0.1) is 24.0 Å². The number of non-ortho nitro benzene ring substituents is 1. The lowest BCUT2D eigenvalue weighted by molar-refractivity contribution is -0.384. The first-order valence-corrected chi connectivity index (χ1v) is 11.2. The van der Waals surface area contributed by atoms with Gasteiger partial charge in [-0.3, -0.25) is 15.1 Å². The Balaban J connectivity index is 1.87. The van der Waals surface area contributed by atoms with E-state index in [2.05, 4.69) is 46.6 Å². The summed E-state index contributed by atoms with van der Waals surface area (Å²) in [5.41, 5.74) is 4.79. The fourth-order valence-corrected chi connectivity index (χ4v) is 5.13. The molecule has 8 nitrogen and oxygen atoms in total. The van der Waals surface area contributed by atoms with Crippen molar-refractivity contribution in [3.05, 3.63) is 81.4 Å². The number of aryl methyl sites for hydroxylation is 1. The molecule has 1 aliphatic rings. The zero-order chi connectivity index (χ0) is 23.9. The lowest BCUT2D eigenvalue weighted by Crippen LogP contribution is -2.35.